The first kappa shape index (κ1) is 14.7. The van der Waals surface area contributed by atoms with Crippen LogP contribution in [-0.4, -0.2) is 43.0 Å². The van der Waals surface area contributed by atoms with Gasteiger partial charge in [-0.2, -0.15) is 0 Å². The Bertz CT molecular complexity index is 534. The number of hydrogen-bond donors (Lipinski definition) is 1. The van der Waals surface area contributed by atoms with E-state index in [-0.39, 0.29) is 0 Å². The second-order valence-electron chi connectivity index (χ2n) is 5.78. The van der Waals surface area contributed by atoms with Crippen LogP contribution in [0.1, 0.15) is 25.3 Å². The SMILES string of the molecule is CCNCc1ccc(N2CCN3C(=O)CCC3C2)cc1Cl. The van der Waals surface area contributed by atoms with Gasteiger partial charge in [0.15, 0.2) is 0 Å². The van der Waals surface area contributed by atoms with Crippen LogP contribution in [0.5, 0.6) is 0 Å². The molecule has 1 aromatic rings. The third-order valence-corrected chi connectivity index (χ3v) is 4.81. The van der Waals surface area contributed by atoms with Crippen molar-refractivity contribution in [2.24, 2.45) is 0 Å². The molecule has 2 heterocycles. The highest BCUT2D eigenvalue weighted by atomic mass is 35.5. The molecule has 0 aromatic heterocycles. The maximum atomic E-state index is 11.7. The van der Waals surface area contributed by atoms with E-state index in [1.807, 2.05) is 4.90 Å². The summed E-state index contributed by atoms with van der Waals surface area (Å²) in [6, 6.07) is 6.68. The van der Waals surface area contributed by atoms with E-state index in [0.29, 0.717) is 18.4 Å². The fourth-order valence-corrected chi connectivity index (χ4v) is 3.48. The number of piperazine rings is 1. The van der Waals surface area contributed by atoms with E-state index in [1.54, 1.807) is 0 Å². The molecule has 1 aromatic carbocycles. The van der Waals surface area contributed by atoms with Gasteiger partial charge in [0.25, 0.3) is 0 Å². The van der Waals surface area contributed by atoms with Crippen molar-refractivity contribution in [2.45, 2.75) is 32.4 Å². The molecule has 2 saturated heterocycles. The fourth-order valence-electron chi connectivity index (χ4n) is 3.23. The van der Waals surface area contributed by atoms with Crippen LogP contribution >= 0.6 is 11.6 Å². The van der Waals surface area contributed by atoms with Gasteiger partial charge in [0.1, 0.15) is 0 Å². The fraction of sp³-hybridized carbons (Fsp3) is 0.562. The van der Waals surface area contributed by atoms with Gasteiger partial charge in [-0.25, -0.2) is 0 Å². The lowest BCUT2D eigenvalue weighted by atomic mass is 10.1. The molecule has 5 heteroatoms. The number of benzene rings is 1. The van der Waals surface area contributed by atoms with Crippen LogP contribution in [0.4, 0.5) is 5.69 Å². The number of carbonyl (C=O) groups is 1. The van der Waals surface area contributed by atoms with E-state index in [2.05, 4.69) is 35.3 Å². The Morgan fingerprint density at radius 3 is 3.00 bits per heavy atom. The Kier molecular flexibility index (Phi) is 4.36. The van der Waals surface area contributed by atoms with E-state index in [0.717, 1.165) is 49.7 Å². The van der Waals surface area contributed by atoms with Crippen LogP contribution in [0.25, 0.3) is 0 Å². The molecule has 0 bridgehead atoms. The van der Waals surface area contributed by atoms with Crippen LogP contribution in [0.3, 0.4) is 0 Å². The van der Waals surface area contributed by atoms with Gasteiger partial charge in [0.2, 0.25) is 5.91 Å². The van der Waals surface area contributed by atoms with Gasteiger partial charge in [-0.05, 0) is 30.7 Å². The Morgan fingerprint density at radius 1 is 1.38 bits per heavy atom. The minimum Gasteiger partial charge on any atom is -0.368 e. The molecular weight excluding hydrogens is 286 g/mol. The van der Waals surface area contributed by atoms with E-state index in [4.69, 9.17) is 11.6 Å². The van der Waals surface area contributed by atoms with Crippen molar-refractivity contribution in [1.82, 2.24) is 10.2 Å². The molecule has 1 unspecified atom stereocenters. The molecule has 1 N–H and O–H groups in total. The zero-order valence-corrected chi connectivity index (χ0v) is 13.2. The number of nitrogens with zero attached hydrogens (tertiary/aromatic N) is 2. The molecule has 2 aliphatic heterocycles. The molecular formula is C16H22ClN3O. The van der Waals surface area contributed by atoms with E-state index in [1.165, 1.54) is 5.69 Å². The van der Waals surface area contributed by atoms with E-state index in [9.17, 15) is 4.79 Å². The van der Waals surface area contributed by atoms with Crippen molar-refractivity contribution in [3.8, 4) is 0 Å². The van der Waals surface area contributed by atoms with Crippen molar-refractivity contribution in [1.29, 1.82) is 0 Å². The Hall–Kier alpha value is -1.26. The second kappa shape index (κ2) is 6.24. The number of anilines is 1. The number of halogens is 1. The topological polar surface area (TPSA) is 35.6 Å². The second-order valence-corrected chi connectivity index (χ2v) is 6.19. The summed E-state index contributed by atoms with van der Waals surface area (Å²) in [4.78, 5) is 16.1. The number of hydrogen-bond acceptors (Lipinski definition) is 3. The van der Waals surface area contributed by atoms with Gasteiger partial charge < -0.3 is 15.1 Å². The smallest absolute Gasteiger partial charge is 0.223 e. The molecule has 0 aliphatic carbocycles. The number of carbonyl (C=O) groups excluding carboxylic acids is 1. The summed E-state index contributed by atoms with van der Waals surface area (Å²) in [6.07, 6.45) is 1.70. The first-order valence-electron chi connectivity index (χ1n) is 7.72. The summed E-state index contributed by atoms with van der Waals surface area (Å²) in [5, 5.41) is 4.12. The van der Waals surface area contributed by atoms with Crippen LogP contribution in [0.15, 0.2) is 18.2 Å². The summed E-state index contributed by atoms with van der Waals surface area (Å²) in [5.41, 5.74) is 2.30. The number of amides is 1. The first-order valence-corrected chi connectivity index (χ1v) is 8.10. The van der Waals surface area contributed by atoms with Crippen LogP contribution in [0.2, 0.25) is 5.02 Å². The van der Waals surface area contributed by atoms with Gasteiger partial charge in [-0.3, -0.25) is 4.79 Å². The molecule has 1 amide bonds. The van der Waals surface area contributed by atoms with Gasteiger partial charge in [0, 0.05) is 49.4 Å². The van der Waals surface area contributed by atoms with Crippen molar-refractivity contribution in [3.63, 3.8) is 0 Å². The van der Waals surface area contributed by atoms with Crippen molar-refractivity contribution in [3.05, 3.63) is 28.8 Å². The van der Waals surface area contributed by atoms with Crippen LogP contribution < -0.4 is 10.2 Å². The number of fused-ring (bicyclic) bond motifs is 1. The van der Waals surface area contributed by atoms with Gasteiger partial charge in [0.05, 0.1) is 0 Å². The highest BCUT2D eigenvalue weighted by molar-refractivity contribution is 6.31. The predicted octanol–water partition coefficient (Wildman–Crippen LogP) is 2.26. The average Bonchev–Trinajstić information content (AvgIpc) is 2.87. The molecule has 4 nitrogen and oxygen atoms in total. The molecule has 114 valence electrons. The van der Waals surface area contributed by atoms with Gasteiger partial charge >= 0.3 is 0 Å². The van der Waals surface area contributed by atoms with Gasteiger partial charge in [-0.15, -0.1) is 0 Å². The minimum absolute atomic E-state index is 0.318. The zero-order valence-electron chi connectivity index (χ0n) is 12.4. The summed E-state index contributed by atoms with van der Waals surface area (Å²) in [6.45, 7) is 6.49. The monoisotopic (exact) mass is 307 g/mol. The van der Waals surface area contributed by atoms with Gasteiger partial charge in [-0.1, -0.05) is 24.6 Å². The molecule has 2 aliphatic rings. The molecule has 21 heavy (non-hydrogen) atoms. The Labute approximate surface area is 131 Å². The van der Waals surface area contributed by atoms with Crippen LogP contribution in [-0.2, 0) is 11.3 Å². The summed E-state index contributed by atoms with van der Waals surface area (Å²) in [7, 11) is 0. The third kappa shape index (κ3) is 3.01. The van der Waals surface area contributed by atoms with Crippen LogP contribution in [0, 0.1) is 0 Å². The quantitative estimate of drug-likeness (QED) is 0.927. The molecule has 0 saturated carbocycles. The standard InChI is InChI=1S/C16H22ClN3O/c1-2-18-10-12-3-4-13(9-15(12)17)19-7-8-20-14(11-19)5-6-16(20)21/h3-4,9,14,18H,2,5-8,10-11H2,1H3. The molecule has 0 spiro atoms. The normalized spacial score (nSPS) is 21.8. The van der Waals surface area contributed by atoms with E-state index < -0.39 is 0 Å². The lowest BCUT2D eigenvalue weighted by molar-refractivity contribution is -0.129. The minimum atomic E-state index is 0.318. The molecule has 3 rings (SSSR count). The number of rotatable bonds is 4. The lowest BCUT2D eigenvalue weighted by Gasteiger charge is -2.39. The lowest BCUT2D eigenvalue weighted by Crippen LogP contribution is -2.51. The average molecular weight is 308 g/mol. The molecule has 2 fully saturated rings. The molecule has 0 radical (unpaired) electrons. The maximum absolute atomic E-state index is 11.7. The highest BCUT2D eigenvalue weighted by Gasteiger charge is 2.35. The Balaban J connectivity index is 1.70. The van der Waals surface area contributed by atoms with Crippen molar-refractivity contribution >= 4 is 23.2 Å². The van der Waals surface area contributed by atoms with Crippen molar-refractivity contribution < 1.29 is 4.79 Å². The maximum Gasteiger partial charge on any atom is 0.223 e. The summed E-state index contributed by atoms with van der Waals surface area (Å²) < 4.78 is 0. The highest BCUT2D eigenvalue weighted by Crippen LogP contribution is 2.29. The third-order valence-electron chi connectivity index (χ3n) is 4.46. The summed E-state index contributed by atoms with van der Waals surface area (Å²) in [5.74, 6) is 0.318. The Morgan fingerprint density at radius 2 is 2.24 bits per heavy atom. The zero-order chi connectivity index (χ0) is 14.8. The van der Waals surface area contributed by atoms with E-state index >= 15 is 0 Å². The van der Waals surface area contributed by atoms with Crippen molar-refractivity contribution in [2.75, 3.05) is 31.1 Å². The molecule has 1 atom stereocenters. The summed E-state index contributed by atoms with van der Waals surface area (Å²) >= 11 is 6.39. The largest absolute Gasteiger partial charge is 0.368 e. The first-order chi connectivity index (χ1) is 10.2. The number of nitrogens with one attached hydrogen (secondary N) is 1. The predicted molar refractivity (Wildman–Crippen MR) is 85.8 cm³/mol.